The highest BCUT2D eigenvalue weighted by molar-refractivity contribution is 5.99. The number of hydrogen-bond donors (Lipinski definition) is 7. The summed E-state index contributed by atoms with van der Waals surface area (Å²) in [5.74, 6) is -5.07. The molecule has 1 aromatic rings. The number of carboxylic acid groups (broad SMARTS) is 1. The average Bonchev–Trinajstić information content (AvgIpc) is 2.89. The standard InChI is InChI=1S/C26H37N7O7/c1-14(2)22-26(40)33(3)18(8-5-9-19(27)28)25(39)30-13-20(34)31-17(11-21(35)36)24(38)29-12-15-6-4-7-16(10-15)23(37)32-22/h4,6-7,10,14,17-18,22H,5,8-9,11-13H2,1-3H3,(H3,27,28)(H,29,38)(H,30,39)(H,31,34)(H,32,37)(H,35,36)/t17-,18-,22+/m0/s1. The summed E-state index contributed by atoms with van der Waals surface area (Å²) in [7, 11) is 1.41. The van der Waals surface area contributed by atoms with E-state index in [1.165, 1.54) is 24.1 Å². The van der Waals surface area contributed by atoms with Gasteiger partial charge in [-0.1, -0.05) is 26.0 Å². The van der Waals surface area contributed by atoms with Gasteiger partial charge in [-0.05, 0) is 36.5 Å². The van der Waals surface area contributed by atoms with Crippen LogP contribution in [-0.2, 0) is 30.5 Å². The lowest BCUT2D eigenvalue weighted by Crippen LogP contribution is -2.57. The van der Waals surface area contributed by atoms with Gasteiger partial charge < -0.3 is 37.0 Å². The van der Waals surface area contributed by atoms with Crippen LogP contribution in [-0.4, -0.2) is 83.1 Å². The highest BCUT2D eigenvalue weighted by atomic mass is 16.4. The Labute approximate surface area is 231 Å². The van der Waals surface area contributed by atoms with Crippen LogP contribution < -0.4 is 27.0 Å². The molecule has 0 spiro atoms. The lowest BCUT2D eigenvalue weighted by Gasteiger charge is -2.32. The third-order valence-corrected chi connectivity index (χ3v) is 6.37. The number of carbonyl (C=O) groups is 6. The van der Waals surface area contributed by atoms with Crippen LogP contribution in [0, 0.1) is 11.3 Å². The molecule has 1 aromatic carbocycles. The van der Waals surface area contributed by atoms with E-state index in [9.17, 15) is 33.9 Å². The zero-order chi connectivity index (χ0) is 30.0. The molecule has 0 radical (unpaired) electrons. The first-order chi connectivity index (χ1) is 18.8. The molecule has 0 aliphatic carbocycles. The topological polar surface area (TPSA) is 224 Å². The molecule has 8 N–H and O–H groups in total. The van der Waals surface area contributed by atoms with Crippen molar-refractivity contribution in [3.63, 3.8) is 0 Å². The number of likely N-dealkylation sites (N-methyl/N-ethyl adjacent to an activating group) is 1. The minimum atomic E-state index is -1.42. The van der Waals surface area contributed by atoms with Gasteiger partial charge in [0.2, 0.25) is 23.6 Å². The van der Waals surface area contributed by atoms with Crippen molar-refractivity contribution in [2.24, 2.45) is 11.7 Å². The van der Waals surface area contributed by atoms with Gasteiger partial charge in [0.05, 0.1) is 18.8 Å². The number of nitrogens with zero attached hydrogens (tertiary/aromatic N) is 1. The molecule has 40 heavy (non-hydrogen) atoms. The van der Waals surface area contributed by atoms with Gasteiger partial charge >= 0.3 is 5.97 Å². The monoisotopic (exact) mass is 559 g/mol. The van der Waals surface area contributed by atoms with Gasteiger partial charge in [-0.25, -0.2) is 0 Å². The number of benzene rings is 1. The molecule has 0 saturated heterocycles. The zero-order valence-corrected chi connectivity index (χ0v) is 22.8. The Hall–Kier alpha value is -4.49. The molecule has 14 nitrogen and oxygen atoms in total. The highest BCUT2D eigenvalue weighted by Crippen LogP contribution is 2.15. The molecule has 0 saturated carbocycles. The second kappa shape index (κ2) is 14.6. The van der Waals surface area contributed by atoms with E-state index in [0.717, 1.165) is 0 Å². The fraction of sp³-hybridized carbons (Fsp3) is 0.500. The van der Waals surface area contributed by atoms with E-state index < -0.39 is 66.6 Å². The first-order valence-corrected chi connectivity index (χ1v) is 12.9. The minimum Gasteiger partial charge on any atom is -0.481 e. The summed E-state index contributed by atoms with van der Waals surface area (Å²) in [6, 6.07) is 2.83. The second-order valence-electron chi connectivity index (χ2n) is 9.93. The first kappa shape index (κ1) is 31.7. The van der Waals surface area contributed by atoms with Crippen LogP contribution in [0.2, 0.25) is 0 Å². The number of carbonyl (C=O) groups excluding carboxylic acids is 5. The molecule has 0 unspecified atom stereocenters. The maximum Gasteiger partial charge on any atom is 0.305 e. The average molecular weight is 560 g/mol. The van der Waals surface area contributed by atoms with Crippen LogP contribution in [0.4, 0.5) is 0 Å². The van der Waals surface area contributed by atoms with Crippen molar-refractivity contribution in [2.75, 3.05) is 13.6 Å². The Balaban J connectivity index is 2.45. The van der Waals surface area contributed by atoms with Crippen LogP contribution in [0.3, 0.4) is 0 Å². The van der Waals surface area contributed by atoms with Crippen LogP contribution in [0.15, 0.2) is 24.3 Å². The number of aliphatic carboxylic acids is 1. The lowest BCUT2D eigenvalue weighted by atomic mass is 9.99. The maximum atomic E-state index is 13.5. The second-order valence-corrected chi connectivity index (χ2v) is 9.93. The molecular weight excluding hydrogens is 522 g/mol. The van der Waals surface area contributed by atoms with Crippen LogP contribution in [0.1, 0.15) is 55.5 Å². The number of fused-ring (bicyclic) bond motifs is 2. The predicted octanol–water partition coefficient (Wildman–Crippen LogP) is -0.920. The summed E-state index contributed by atoms with van der Waals surface area (Å²) in [4.78, 5) is 77.5. The normalized spacial score (nSPS) is 21.4. The number of carboxylic acids is 1. The van der Waals surface area contributed by atoms with Crippen molar-refractivity contribution in [3.05, 3.63) is 35.4 Å². The van der Waals surface area contributed by atoms with Crippen molar-refractivity contribution in [3.8, 4) is 0 Å². The fourth-order valence-corrected chi connectivity index (χ4v) is 4.15. The summed E-state index contributed by atoms with van der Waals surface area (Å²) in [6.07, 6.45) is -0.113. The van der Waals surface area contributed by atoms with Gasteiger partial charge in [0, 0.05) is 25.6 Å². The van der Waals surface area contributed by atoms with Crippen molar-refractivity contribution in [2.45, 2.75) is 64.2 Å². The Morgan fingerprint density at radius 2 is 1.77 bits per heavy atom. The van der Waals surface area contributed by atoms with E-state index in [0.29, 0.717) is 12.0 Å². The number of amidine groups is 1. The third kappa shape index (κ3) is 9.36. The number of hydrogen-bond acceptors (Lipinski definition) is 7. The summed E-state index contributed by atoms with van der Waals surface area (Å²) < 4.78 is 0. The quantitative estimate of drug-likeness (QED) is 0.163. The van der Waals surface area contributed by atoms with Gasteiger partial charge in [0.15, 0.2) is 0 Å². The zero-order valence-electron chi connectivity index (χ0n) is 22.8. The van der Waals surface area contributed by atoms with Gasteiger partial charge in [-0.2, -0.15) is 0 Å². The molecule has 2 rings (SSSR count). The summed E-state index contributed by atoms with van der Waals surface area (Å²) >= 11 is 0. The van der Waals surface area contributed by atoms with E-state index >= 15 is 0 Å². The molecule has 5 amide bonds. The van der Waals surface area contributed by atoms with Gasteiger partial charge in [0.1, 0.15) is 18.1 Å². The largest absolute Gasteiger partial charge is 0.481 e. The van der Waals surface area contributed by atoms with E-state index in [1.54, 1.807) is 26.0 Å². The molecule has 2 bridgehead atoms. The van der Waals surface area contributed by atoms with Gasteiger partial charge in [-0.15, -0.1) is 0 Å². The molecule has 14 heteroatoms. The molecule has 0 fully saturated rings. The van der Waals surface area contributed by atoms with Crippen molar-refractivity contribution < 1.29 is 33.9 Å². The van der Waals surface area contributed by atoms with Crippen LogP contribution in [0.5, 0.6) is 0 Å². The molecule has 3 atom stereocenters. The van der Waals surface area contributed by atoms with Crippen LogP contribution in [0.25, 0.3) is 0 Å². The van der Waals surface area contributed by atoms with E-state index in [-0.39, 0.29) is 36.7 Å². The Morgan fingerprint density at radius 3 is 2.40 bits per heavy atom. The molecule has 1 aliphatic heterocycles. The minimum absolute atomic E-state index is 0.0557. The summed E-state index contributed by atoms with van der Waals surface area (Å²) in [5, 5.41) is 26.7. The fourth-order valence-electron chi connectivity index (χ4n) is 4.15. The Morgan fingerprint density at radius 1 is 1.10 bits per heavy atom. The van der Waals surface area contributed by atoms with Crippen molar-refractivity contribution in [1.29, 1.82) is 5.41 Å². The molecule has 1 heterocycles. The van der Waals surface area contributed by atoms with Crippen LogP contribution >= 0.6 is 0 Å². The summed E-state index contributed by atoms with van der Waals surface area (Å²) in [5.41, 5.74) is 6.19. The van der Waals surface area contributed by atoms with E-state index in [1.807, 2.05) is 0 Å². The van der Waals surface area contributed by atoms with Crippen molar-refractivity contribution in [1.82, 2.24) is 26.2 Å². The SMILES string of the molecule is CC(C)[C@H]1NC(=O)c2cccc(c2)CNC(=O)[C@H](CC(=O)O)NC(=O)CNC(=O)[C@H](CCCC(=N)N)N(C)C1=O. The van der Waals surface area contributed by atoms with E-state index in [4.69, 9.17) is 11.1 Å². The summed E-state index contributed by atoms with van der Waals surface area (Å²) in [6.45, 7) is 2.86. The maximum absolute atomic E-state index is 13.5. The Kier molecular flexibility index (Phi) is 11.6. The molecule has 218 valence electrons. The smallest absolute Gasteiger partial charge is 0.305 e. The number of amides is 5. The molecule has 0 aromatic heterocycles. The van der Waals surface area contributed by atoms with E-state index in [2.05, 4.69) is 21.3 Å². The molecule has 1 aliphatic rings. The number of nitrogens with two attached hydrogens (primary N) is 1. The van der Waals surface area contributed by atoms with Gasteiger partial charge in [-0.3, -0.25) is 34.2 Å². The number of rotatable bonds is 7. The van der Waals surface area contributed by atoms with Crippen molar-refractivity contribution >= 4 is 41.3 Å². The highest BCUT2D eigenvalue weighted by Gasteiger charge is 2.34. The lowest BCUT2D eigenvalue weighted by molar-refractivity contribution is -0.142. The first-order valence-electron chi connectivity index (χ1n) is 12.9. The number of nitrogens with one attached hydrogen (secondary N) is 5. The molecular formula is C26H37N7O7. The third-order valence-electron chi connectivity index (χ3n) is 6.37. The Bertz CT molecular complexity index is 1150. The van der Waals surface area contributed by atoms with Gasteiger partial charge in [0.25, 0.3) is 5.91 Å². The predicted molar refractivity (Wildman–Crippen MR) is 144 cm³/mol.